The third kappa shape index (κ3) is 0.886. The molecule has 0 amide bonds. The van der Waals surface area contributed by atoms with Crippen molar-refractivity contribution in [2.75, 3.05) is 0 Å². The fourth-order valence-corrected chi connectivity index (χ4v) is 0.677. The molecule has 2 heteroatoms. The molecule has 44 valence electrons. The van der Waals surface area contributed by atoms with Crippen molar-refractivity contribution in [1.29, 1.82) is 0 Å². The van der Waals surface area contributed by atoms with Crippen LogP contribution in [0.25, 0.3) is 0 Å². The average molecular weight is 112 g/mol. The highest BCUT2D eigenvalue weighted by molar-refractivity contribution is 5.73. The second kappa shape index (κ2) is 1.99. The van der Waals surface area contributed by atoms with Gasteiger partial charge in [0.25, 0.3) is 0 Å². The molecule has 1 saturated heterocycles. The van der Waals surface area contributed by atoms with E-state index in [4.69, 9.17) is 4.74 Å². The van der Waals surface area contributed by atoms with Gasteiger partial charge < -0.3 is 4.74 Å². The second-order valence-electron chi connectivity index (χ2n) is 1.73. The van der Waals surface area contributed by atoms with Crippen molar-refractivity contribution in [3.05, 3.63) is 11.8 Å². The first-order valence-electron chi connectivity index (χ1n) is 2.69. The van der Waals surface area contributed by atoms with E-state index in [2.05, 4.69) is 0 Å². The van der Waals surface area contributed by atoms with Gasteiger partial charge in [-0.2, -0.15) is 0 Å². The Labute approximate surface area is 48.1 Å². The molecule has 1 fully saturated rings. The number of carbonyl (C=O) groups is 1. The maximum absolute atomic E-state index is 10.3. The van der Waals surface area contributed by atoms with Gasteiger partial charge in [0, 0.05) is 6.42 Å². The van der Waals surface area contributed by atoms with Crippen LogP contribution in [0.5, 0.6) is 0 Å². The van der Waals surface area contributed by atoms with E-state index in [-0.39, 0.29) is 5.97 Å². The Balaban J connectivity index is 2.56. The van der Waals surface area contributed by atoms with Gasteiger partial charge in [0.15, 0.2) is 0 Å². The van der Waals surface area contributed by atoms with Crippen molar-refractivity contribution in [2.45, 2.75) is 19.8 Å². The predicted molar refractivity (Wildman–Crippen MR) is 29.1 cm³/mol. The van der Waals surface area contributed by atoms with Crippen LogP contribution in [0.2, 0.25) is 0 Å². The van der Waals surface area contributed by atoms with Gasteiger partial charge in [-0.1, -0.05) is 0 Å². The maximum atomic E-state index is 10.3. The lowest BCUT2D eigenvalue weighted by molar-refractivity contribution is -0.135. The van der Waals surface area contributed by atoms with Crippen molar-refractivity contribution in [1.82, 2.24) is 0 Å². The first kappa shape index (κ1) is 5.35. The molecule has 0 aliphatic carbocycles. The van der Waals surface area contributed by atoms with Gasteiger partial charge in [0.05, 0.1) is 6.42 Å². The van der Waals surface area contributed by atoms with Crippen LogP contribution in [-0.2, 0) is 9.53 Å². The first-order valence-corrected chi connectivity index (χ1v) is 2.69. The lowest BCUT2D eigenvalue weighted by Crippen LogP contribution is -1.88. The summed E-state index contributed by atoms with van der Waals surface area (Å²) in [7, 11) is 0. The van der Waals surface area contributed by atoms with Gasteiger partial charge in [0.1, 0.15) is 5.76 Å². The number of allylic oxidation sites excluding steroid dienone is 2. The lowest BCUT2D eigenvalue weighted by Gasteiger charge is -1.89. The highest BCUT2D eigenvalue weighted by Gasteiger charge is 2.14. The standard InChI is InChI=1S/C6H8O2/c1-2-5-3-4-6(7)8-5/h2H,3-4H2,1H3/b5-2+. The third-order valence-corrected chi connectivity index (χ3v) is 1.14. The number of carbonyl (C=O) groups excluding carboxylic acids is 1. The zero-order valence-electron chi connectivity index (χ0n) is 4.81. The average Bonchev–Trinajstić information content (AvgIpc) is 2.14. The van der Waals surface area contributed by atoms with E-state index in [1.807, 2.05) is 13.0 Å². The van der Waals surface area contributed by atoms with Crippen LogP contribution in [-0.4, -0.2) is 5.97 Å². The summed E-state index contributed by atoms with van der Waals surface area (Å²) in [6, 6.07) is 0. The highest BCUT2D eigenvalue weighted by Crippen LogP contribution is 2.16. The SMILES string of the molecule is C/C=C1\CCC(=O)O1. The smallest absolute Gasteiger partial charge is 0.311 e. The van der Waals surface area contributed by atoms with Gasteiger partial charge in [-0.05, 0) is 13.0 Å². The van der Waals surface area contributed by atoms with Crippen LogP contribution in [0, 0.1) is 0 Å². The summed E-state index contributed by atoms with van der Waals surface area (Å²) in [6.07, 6.45) is 3.17. The van der Waals surface area contributed by atoms with E-state index in [0.717, 1.165) is 12.2 Å². The van der Waals surface area contributed by atoms with Crippen molar-refractivity contribution >= 4 is 5.97 Å². The van der Waals surface area contributed by atoms with Gasteiger partial charge in [-0.3, -0.25) is 4.79 Å². The molecular formula is C6H8O2. The summed E-state index contributed by atoms with van der Waals surface area (Å²) >= 11 is 0. The van der Waals surface area contributed by atoms with Crippen molar-refractivity contribution in [2.24, 2.45) is 0 Å². The molecule has 0 aromatic rings. The van der Waals surface area contributed by atoms with Gasteiger partial charge in [-0.15, -0.1) is 0 Å². The van der Waals surface area contributed by atoms with Crippen LogP contribution in [0.3, 0.4) is 0 Å². The monoisotopic (exact) mass is 112 g/mol. The summed E-state index contributed by atoms with van der Waals surface area (Å²) in [4.78, 5) is 10.3. The number of esters is 1. The van der Waals surface area contributed by atoms with Crippen molar-refractivity contribution in [3.8, 4) is 0 Å². The molecule has 0 aromatic heterocycles. The Hall–Kier alpha value is -0.790. The molecule has 8 heavy (non-hydrogen) atoms. The van der Waals surface area contributed by atoms with E-state index >= 15 is 0 Å². The molecular weight excluding hydrogens is 104 g/mol. The minimum atomic E-state index is -0.0990. The van der Waals surface area contributed by atoms with Gasteiger partial charge in [-0.25, -0.2) is 0 Å². The van der Waals surface area contributed by atoms with Crippen LogP contribution in [0.1, 0.15) is 19.8 Å². The Kier molecular flexibility index (Phi) is 1.33. The molecule has 1 heterocycles. The normalized spacial score (nSPS) is 24.1. The summed E-state index contributed by atoms with van der Waals surface area (Å²) in [5, 5.41) is 0. The minimum Gasteiger partial charge on any atom is -0.431 e. The summed E-state index contributed by atoms with van der Waals surface area (Å²) in [5.41, 5.74) is 0. The van der Waals surface area contributed by atoms with E-state index in [0.29, 0.717) is 6.42 Å². The zero-order valence-corrected chi connectivity index (χ0v) is 4.81. The zero-order chi connectivity index (χ0) is 5.98. The molecule has 0 aromatic carbocycles. The van der Waals surface area contributed by atoms with Crippen molar-refractivity contribution in [3.63, 3.8) is 0 Å². The molecule has 0 saturated carbocycles. The second-order valence-corrected chi connectivity index (χ2v) is 1.73. The number of hydrogen-bond donors (Lipinski definition) is 0. The van der Waals surface area contributed by atoms with Gasteiger partial charge >= 0.3 is 5.97 Å². The molecule has 0 atom stereocenters. The van der Waals surface area contributed by atoms with Crippen LogP contribution in [0.4, 0.5) is 0 Å². The number of hydrogen-bond acceptors (Lipinski definition) is 2. The minimum absolute atomic E-state index is 0.0990. The quantitative estimate of drug-likeness (QED) is 0.440. The molecule has 0 radical (unpaired) electrons. The third-order valence-electron chi connectivity index (χ3n) is 1.14. The van der Waals surface area contributed by atoms with E-state index in [9.17, 15) is 4.79 Å². The lowest BCUT2D eigenvalue weighted by atomic mass is 10.3. The Bertz CT molecular complexity index is 135. The Morgan fingerprint density at radius 3 is 2.62 bits per heavy atom. The fraction of sp³-hybridized carbons (Fsp3) is 0.500. The fourth-order valence-electron chi connectivity index (χ4n) is 0.677. The highest BCUT2D eigenvalue weighted by atomic mass is 16.5. The topological polar surface area (TPSA) is 26.3 Å². The van der Waals surface area contributed by atoms with Crippen LogP contribution < -0.4 is 0 Å². The molecule has 0 unspecified atom stereocenters. The van der Waals surface area contributed by atoms with Gasteiger partial charge in [0.2, 0.25) is 0 Å². The molecule has 0 N–H and O–H groups in total. The largest absolute Gasteiger partial charge is 0.431 e. The molecule has 1 aliphatic heterocycles. The number of rotatable bonds is 0. The Morgan fingerprint density at radius 1 is 1.62 bits per heavy atom. The molecule has 0 spiro atoms. The molecule has 1 rings (SSSR count). The van der Waals surface area contributed by atoms with Crippen LogP contribution >= 0.6 is 0 Å². The van der Waals surface area contributed by atoms with E-state index in [1.54, 1.807) is 0 Å². The first-order chi connectivity index (χ1) is 3.83. The maximum Gasteiger partial charge on any atom is 0.311 e. The van der Waals surface area contributed by atoms with Crippen molar-refractivity contribution < 1.29 is 9.53 Å². The molecule has 1 aliphatic rings. The Morgan fingerprint density at radius 2 is 2.38 bits per heavy atom. The summed E-state index contributed by atoms with van der Waals surface area (Å²) in [6.45, 7) is 1.87. The van der Waals surface area contributed by atoms with E-state index in [1.165, 1.54) is 0 Å². The molecule has 2 nitrogen and oxygen atoms in total. The van der Waals surface area contributed by atoms with Crippen LogP contribution in [0.15, 0.2) is 11.8 Å². The predicted octanol–water partition coefficient (Wildman–Crippen LogP) is 1.23. The molecule has 0 bridgehead atoms. The number of ether oxygens (including phenoxy) is 1. The number of cyclic esters (lactones) is 1. The van der Waals surface area contributed by atoms with E-state index < -0.39 is 0 Å². The summed E-state index contributed by atoms with van der Waals surface area (Å²) < 4.78 is 4.73. The summed E-state index contributed by atoms with van der Waals surface area (Å²) in [5.74, 6) is 0.716.